The summed E-state index contributed by atoms with van der Waals surface area (Å²) in [6.07, 6.45) is 1.46. The molecule has 0 N–H and O–H groups in total. The van der Waals surface area contributed by atoms with Gasteiger partial charge in [0.25, 0.3) is 5.91 Å². The molecular formula is C14H11Cl2N3O2. The highest BCUT2D eigenvalue weighted by Gasteiger charge is 2.42. The van der Waals surface area contributed by atoms with Gasteiger partial charge in [0.15, 0.2) is 17.2 Å². The number of carbonyl (C=O) groups excluding carboxylic acids is 1. The molecule has 0 saturated carbocycles. The van der Waals surface area contributed by atoms with E-state index in [4.69, 9.17) is 27.9 Å². The second-order valence-corrected chi connectivity index (χ2v) is 5.83. The summed E-state index contributed by atoms with van der Waals surface area (Å²) in [4.78, 5) is 22.1. The van der Waals surface area contributed by atoms with E-state index in [0.29, 0.717) is 22.3 Å². The van der Waals surface area contributed by atoms with Crippen molar-refractivity contribution in [3.8, 4) is 5.75 Å². The van der Waals surface area contributed by atoms with E-state index in [0.717, 1.165) is 0 Å². The molecule has 0 unspecified atom stereocenters. The fourth-order valence-electron chi connectivity index (χ4n) is 2.09. The molecule has 1 amide bonds. The zero-order chi connectivity index (χ0) is 15.2. The van der Waals surface area contributed by atoms with Crippen LogP contribution in [-0.4, -0.2) is 21.5 Å². The summed E-state index contributed by atoms with van der Waals surface area (Å²) in [5.74, 6) is 0.479. The Morgan fingerprint density at radius 1 is 1.19 bits per heavy atom. The molecule has 5 nitrogen and oxygen atoms in total. The van der Waals surface area contributed by atoms with Gasteiger partial charge in [0.05, 0.1) is 11.9 Å². The molecule has 7 heteroatoms. The van der Waals surface area contributed by atoms with Crippen LogP contribution >= 0.6 is 23.2 Å². The molecule has 21 heavy (non-hydrogen) atoms. The van der Waals surface area contributed by atoms with Crippen LogP contribution in [0.4, 0.5) is 11.5 Å². The predicted octanol–water partition coefficient (Wildman–Crippen LogP) is 3.62. The van der Waals surface area contributed by atoms with E-state index < -0.39 is 5.60 Å². The van der Waals surface area contributed by atoms with Crippen molar-refractivity contribution >= 4 is 40.6 Å². The third kappa shape index (κ3) is 2.43. The number of amides is 1. The van der Waals surface area contributed by atoms with Crippen LogP contribution in [0.2, 0.25) is 10.3 Å². The lowest BCUT2D eigenvalue weighted by molar-refractivity contribution is -0.131. The van der Waals surface area contributed by atoms with Crippen LogP contribution < -0.4 is 9.64 Å². The maximum absolute atomic E-state index is 12.7. The number of benzene rings is 1. The Labute approximate surface area is 131 Å². The van der Waals surface area contributed by atoms with Crippen molar-refractivity contribution in [1.29, 1.82) is 0 Å². The smallest absolute Gasteiger partial charge is 0.276 e. The molecule has 0 atom stereocenters. The van der Waals surface area contributed by atoms with E-state index >= 15 is 0 Å². The van der Waals surface area contributed by atoms with Crippen LogP contribution in [0, 0.1) is 0 Å². The van der Waals surface area contributed by atoms with Gasteiger partial charge in [0.2, 0.25) is 5.28 Å². The summed E-state index contributed by atoms with van der Waals surface area (Å²) >= 11 is 11.7. The van der Waals surface area contributed by atoms with E-state index in [1.54, 1.807) is 38.1 Å². The van der Waals surface area contributed by atoms with Crippen LogP contribution in [0.3, 0.4) is 0 Å². The Bertz CT molecular complexity index is 717. The minimum absolute atomic E-state index is 0.0452. The standard InChI is InChI=1S/C14H11Cl2N3O2/c1-14(2)12(20)19(9-5-3-8(15)4-6-9)11-10(21-14)7-17-13(16)18-11/h3-7H,1-2H3. The van der Waals surface area contributed by atoms with Crippen molar-refractivity contribution in [2.75, 3.05) is 4.90 Å². The molecule has 1 aliphatic heterocycles. The van der Waals surface area contributed by atoms with E-state index in [9.17, 15) is 4.79 Å². The van der Waals surface area contributed by atoms with E-state index in [1.807, 2.05) is 0 Å². The molecule has 0 saturated heterocycles. The highest BCUT2D eigenvalue weighted by molar-refractivity contribution is 6.30. The zero-order valence-corrected chi connectivity index (χ0v) is 12.8. The fourth-order valence-corrected chi connectivity index (χ4v) is 2.34. The van der Waals surface area contributed by atoms with Crippen LogP contribution in [-0.2, 0) is 4.79 Å². The quantitative estimate of drug-likeness (QED) is 0.752. The van der Waals surface area contributed by atoms with Gasteiger partial charge in [-0.15, -0.1) is 0 Å². The van der Waals surface area contributed by atoms with Crippen molar-refractivity contribution in [2.24, 2.45) is 0 Å². The minimum atomic E-state index is -1.02. The van der Waals surface area contributed by atoms with Gasteiger partial charge in [-0.1, -0.05) is 11.6 Å². The van der Waals surface area contributed by atoms with Gasteiger partial charge in [-0.05, 0) is 49.7 Å². The van der Waals surface area contributed by atoms with Gasteiger partial charge in [0, 0.05) is 5.02 Å². The number of hydrogen-bond donors (Lipinski definition) is 0. The summed E-state index contributed by atoms with van der Waals surface area (Å²) in [5, 5.41) is 0.628. The molecular weight excluding hydrogens is 313 g/mol. The number of carbonyl (C=O) groups is 1. The Hall–Kier alpha value is -1.85. The van der Waals surface area contributed by atoms with E-state index in [-0.39, 0.29) is 11.2 Å². The highest BCUT2D eigenvalue weighted by Crippen LogP contribution is 2.40. The summed E-state index contributed by atoms with van der Waals surface area (Å²) < 4.78 is 5.66. The fraction of sp³-hybridized carbons (Fsp3) is 0.214. The SMILES string of the molecule is CC1(C)Oc2cnc(Cl)nc2N(c2ccc(Cl)cc2)C1=O. The monoisotopic (exact) mass is 323 g/mol. The number of anilines is 2. The lowest BCUT2D eigenvalue weighted by Crippen LogP contribution is -2.51. The van der Waals surface area contributed by atoms with Crippen molar-refractivity contribution in [3.05, 3.63) is 40.8 Å². The molecule has 1 aliphatic rings. The third-order valence-corrected chi connectivity index (χ3v) is 3.52. The van der Waals surface area contributed by atoms with Gasteiger partial charge in [0.1, 0.15) is 0 Å². The molecule has 2 heterocycles. The summed E-state index contributed by atoms with van der Waals surface area (Å²) in [7, 11) is 0. The number of hydrogen-bond acceptors (Lipinski definition) is 4. The Balaban J connectivity index is 2.19. The number of nitrogens with zero attached hydrogens (tertiary/aromatic N) is 3. The average molecular weight is 324 g/mol. The second-order valence-electron chi connectivity index (χ2n) is 5.06. The first-order chi connectivity index (χ1) is 9.88. The maximum atomic E-state index is 12.7. The van der Waals surface area contributed by atoms with Crippen molar-refractivity contribution in [1.82, 2.24) is 9.97 Å². The van der Waals surface area contributed by atoms with Crippen molar-refractivity contribution in [3.63, 3.8) is 0 Å². The second kappa shape index (κ2) is 4.86. The van der Waals surface area contributed by atoms with Crippen molar-refractivity contribution < 1.29 is 9.53 Å². The molecule has 1 aromatic heterocycles. The molecule has 108 valence electrons. The number of rotatable bonds is 1. The molecule has 0 bridgehead atoms. The Morgan fingerprint density at radius 3 is 2.52 bits per heavy atom. The average Bonchev–Trinajstić information content (AvgIpc) is 2.42. The molecule has 0 fully saturated rings. The Kier molecular flexibility index (Phi) is 3.26. The molecule has 3 rings (SSSR count). The van der Waals surface area contributed by atoms with Gasteiger partial charge >= 0.3 is 0 Å². The molecule has 0 aliphatic carbocycles. The first kappa shape index (κ1) is 14.1. The highest BCUT2D eigenvalue weighted by atomic mass is 35.5. The van der Waals surface area contributed by atoms with Crippen molar-refractivity contribution in [2.45, 2.75) is 19.4 Å². The van der Waals surface area contributed by atoms with Crippen LogP contribution in [0.1, 0.15) is 13.8 Å². The topological polar surface area (TPSA) is 55.3 Å². The lowest BCUT2D eigenvalue weighted by Gasteiger charge is -2.37. The zero-order valence-electron chi connectivity index (χ0n) is 11.3. The van der Waals surface area contributed by atoms with Gasteiger partial charge < -0.3 is 4.74 Å². The molecule has 0 spiro atoms. The van der Waals surface area contributed by atoms with Crippen LogP contribution in [0.5, 0.6) is 5.75 Å². The third-order valence-electron chi connectivity index (χ3n) is 3.09. The van der Waals surface area contributed by atoms with Crippen LogP contribution in [0.15, 0.2) is 30.5 Å². The van der Waals surface area contributed by atoms with Crippen LogP contribution in [0.25, 0.3) is 0 Å². The normalized spacial score (nSPS) is 16.4. The number of halogens is 2. The molecule has 2 aromatic rings. The number of ether oxygens (including phenoxy) is 1. The van der Waals surface area contributed by atoms with Gasteiger partial charge in [-0.2, -0.15) is 4.98 Å². The predicted molar refractivity (Wildman–Crippen MR) is 80.3 cm³/mol. The van der Waals surface area contributed by atoms with Gasteiger partial charge in [-0.25, -0.2) is 4.98 Å². The Morgan fingerprint density at radius 2 is 1.86 bits per heavy atom. The number of fused-ring (bicyclic) bond motifs is 1. The summed E-state index contributed by atoms with van der Waals surface area (Å²) in [6.45, 7) is 3.38. The first-order valence-electron chi connectivity index (χ1n) is 6.20. The first-order valence-corrected chi connectivity index (χ1v) is 6.96. The number of aromatic nitrogens is 2. The molecule has 0 radical (unpaired) electrons. The largest absolute Gasteiger partial charge is 0.472 e. The summed E-state index contributed by atoms with van der Waals surface area (Å²) in [6, 6.07) is 6.88. The lowest BCUT2D eigenvalue weighted by atomic mass is 10.0. The maximum Gasteiger partial charge on any atom is 0.276 e. The van der Waals surface area contributed by atoms with E-state index in [2.05, 4.69) is 9.97 Å². The summed E-state index contributed by atoms with van der Waals surface area (Å²) in [5.41, 5.74) is -0.388. The van der Waals surface area contributed by atoms with E-state index in [1.165, 1.54) is 11.1 Å². The molecule has 1 aromatic carbocycles. The minimum Gasteiger partial charge on any atom is -0.472 e. The van der Waals surface area contributed by atoms with Gasteiger partial charge in [-0.3, -0.25) is 9.69 Å².